The first-order valence-electron chi connectivity index (χ1n) is 3.80. The summed E-state index contributed by atoms with van der Waals surface area (Å²) in [6.07, 6.45) is 2.13. The molecule has 0 spiro atoms. The van der Waals surface area contributed by atoms with E-state index in [2.05, 4.69) is 4.42 Å². The largest absolute Gasteiger partial charge is 0.462 e. The van der Waals surface area contributed by atoms with Crippen LogP contribution in [-0.2, 0) is 0 Å². The Morgan fingerprint density at radius 1 is 1.00 bits per heavy atom. The molecule has 0 N–H and O–H groups in total. The standard InChI is InChI=1S/C5H4O2.C4Cl6/c6-4-5-2-1-3-7-5;5-1(3(7)8)2(6)4(9)10/h1-4H;. The summed E-state index contributed by atoms with van der Waals surface area (Å²) in [6.45, 7) is 0. The van der Waals surface area contributed by atoms with E-state index in [1.807, 2.05) is 0 Å². The van der Waals surface area contributed by atoms with Crippen molar-refractivity contribution in [3.63, 3.8) is 0 Å². The lowest BCUT2D eigenvalue weighted by molar-refractivity contribution is 0.110. The Morgan fingerprint density at radius 2 is 1.47 bits per heavy atom. The smallest absolute Gasteiger partial charge is 0.185 e. The molecule has 0 aliphatic carbocycles. The van der Waals surface area contributed by atoms with Gasteiger partial charge >= 0.3 is 0 Å². The summed E-state index contributed by atoms with van der Waals surface area (Å²) in [5.74, 6) is 0.375. The highest BCUT2D eigenvalue weighted by Crippen LogP contribution is 2.32. The molecule has 1 rings (SSSR count). The van der Waals surface area contributed by atoms with Gasteiger partial charge in [0.1, 0.15) is 8.98 Å². The minimum atomic E-state index is -0.175. The molecule has 0 saturated heterocycles. The second-order valence-corrected chi connectivity index (χ2v) is 4.94. The summed E-state index contributed by atoms with van der Waals surface area (Å²) >= 11 is 31.8. The highest BCUT2D eigenvalue weighted by atomic mass is 35.5. The van der Waals surface area contributed by atoms with E-state index in [1.54, 1.807) is 12.1 Å². The van der Waals surface area contributed by atoms with Crippen LogP contribution in [-0.4, -0.2) is 6.29 Å². The highest BCUT2D eigenvalue weighted by Gasteiger charge is 2.07. The molecule has 1 aromatic rings. The molecule has 0 aromatic carbocycles. The molecule has 0 aliphatic heterocycles. The van der Waals surface area contributed by atoms with Crippen LogP contribution < -0.4 is 0 Å². The van der Waals surface area contributed by atoms with Crippen LogP contribution in [0.1, 0.15) is 10.6 Å². The summed E-state index contributed by atoms with van der Waals surface area (Å²) in [7, 11) is 0. The minimum Gasteiger partial charge on any atom is -0.462 e. The fourth-order valence-electron chi connectivity index (χ4n) is 0.524. The van der Waals surface area contributed by atoms with Crippen molar-refractivity contribution in [2.45, 2.75) is 0 Å². The summed E-state index contributed by atoms with van der Waals surface area (Å²) < 4.78 is 4.26. The molecular weight excluding hydrogens is 353 g/mol. The van der Waals surface area contributed by atoms with Crippen LogP contribution in [0.4, 0.5) is 0 Å². The van der Waals surface area contributed by atoms with E-state index in [1.165, 1.54) is 6.26 Å². The highest BCUT2D eigenvalue weighted by molar-refractivity contribution is 6.65. The number of furan rings is 1. The van der Waals surface area contributed by atoms with Crippen LogP contribution in [0.25, 0.3) is 0 Å². The van der Waals surface area contributed by atoms with E-state index in [-0.39, 0.29) is 19.0 Å². The van der Waals surface area contributed by atoms with Gasteiger partial charge in [-0.05, 0) is 12.1 Å². The number of carbonyl (C=O) groups excluding carboxylic acids is 1. The van der Waals surface area contributed by atoms with Gasteiger partial charge in [-0.1, -0.05) is 69.6 Å². The molecule has 94 valence electrons. The van der Waals surface area contributed by atoms with Gasteiger partial charge in [0.05, 0.1) is 16.3 Å². The lowest BCUT2D eigenvalue weighted by atomic mass is 10.5. The first-order chi connectivity index (χ1) is 7.90. The predicted octanol–water partition coefficient (Wildman–Crippen LogP) is 5.85. The monoisotopic (exact) mass is 354 g/mol. The molecule has 0 saturated carbocycles. The zero-order chi connectivity index (χ0) is 13.4. The third-order valence-electron chi connectivity index (χ3n) is 1.18. The zero-order valence-electron chi connectivity index (χ0n) is 7.89. The molecule has 1 aromatic heterocycles. The van der Waals surface area contributed by atoms with E-state index in [9.17, 15) is 4.79 Å². The van der Waals surface area contributed by atoms with Crippen molar-refractivity contribution in [3.8, 4) is 0 Å². The van der Waals surface area contributed by atoms with E-state index < -0.39 is 0 Å². The Labute approximate surface area is 128 Å². The van der Waals surface area contributed by atoms with Crippen molar-refractivity contribution in [2.75, 3.05) is 0 Å². The Kier molecular flexibility index (Phi) is 9.24. The quantitative estimate of drug-likeness (QED) is 0.491. The number of carbonyl (C=O) groups is 1. The first kappa shape index (κ1) is 17.2. The van der Waals surface area contributed by atoms with Crippen molar-refractivity contribution in [1.82, 2.24) is 0 Å². The SMILES string of the molecule is ClC(Cl)=C(Cl)C(Cl)=C(Cl)Cl.O=Cc1ccco1. The maximum Gasteiger partial charge on any atom is 0.185 e. The van der Waals surface area contributed by atoms with Crippen LogP contribution in [0.2, 0.25) is 0 Å². The van der Waals surface area contributed by atoms with Gasteiger partial charge in [-0.25, -0.2) is 0 Å². The molecule has 1 heterocycles. The summed E-state index contributed by atoms with van der Waals surface area (Å²) in [6, 6.07) is 3.27. The Balaban J connectivity index is 0.000000318. The number of aldehydes is 1. The lowest BCUT2D eigenvalue weighted by Crippen LogP contribution is -1.73. The van der Waals surface area contributed by atoms with Crippen LogP contribution in [0.3, 0.4) is 0 Å². The second-order valence-electron chi connectivity index (χ2n) is 2.28. The molecular formula is C9H4Cl6O2. The molecule has 17 heavy (non-hydrogen) atoms. The summed E-state index contributed by atoms with van der Waals surface area (Å²) in [4.78, 5) is 9.77. The number of hydrogen-bond acceptors (Lipinski definition) is 2. The first-order valence-corrected chi connectivity index (χ1v) is 6.07. The number of allylic oxidation sites excluding steroid dienone is 2. The number of rotatable bonds is 2. The van der Waals surface area contributed by atoms with Crippen LogP contribution in [0, 0.1) is 0 Å². The lowest BCUT2D eigenvalue weighted by Gasteiger charge is -1.94. The van der Waals surface area contributed by atoms with Gasteiger partial charge in [0.15, 0.2) is 12.0 Å². The maximum atomic E-state index is 9.77. The number of halogens is 6. The zero-order valence-corrected chi connectivity index (χ0v) is 12.4. The molecule has 8 heteroatoms. The molecule has 0 aliphatic rings. The van der Waals surface area contributed by atoms with Crippen LogP contribution in [0.5, 0.6) is 0 Å². The topological polar surface area (TPSA) is 30.2 Å². The number of hydrogen-bond donors (Lipinski definition) is 0. The van der Waals surface area contributed by atoms with Gasteiger partial charge in [-0.3, -0.25) is 4.79 Å². The van der Waals surface area contributed by atoms with Gasteiger partial charge in [-0.2, -0.15) is 0 Å². The summed E-state index contributed by atoms with van der Waals surface area (Å²) in [5, 5.41) is -0.130. The van der Waals surface area contributed by atoms with E-state index >= 15 is 0 Å². The van der Waals surface area contributed by atoms with E-state index in [0.29, 0.717) is 12.0 Å². The van der Waals surface area contributed by atoms with Gasteiger partial charge in [0.25, 0.3) is 0 Å². The molecule has 0 amide bonds. The average molecular weight is 357 g/mol. The fourth-order valence-corrected chi connectivity index (χ4v) is 1.28. The van der Waals surface area contributed by atoms with Crippen molar-refractivity contribution >= 4 is 75.9 Å². The van der Waals surface area contributed by atoms with Gasteiger partial charge in [0, 0.05) is 0 Å². The predicted molar refractivity (Wildman–Crippen MR) is 73.3 cm³/mol. The van der Waals surface area contributed by atoms with Crippen LogP contribution in [0.15, 0.2) is 41.9 Å². The van der Waals surface area contributed by atoms with Crippen molar-refractivity contribution in [2.24, 2.45) is 0 Å². The van der Waals surface area contributed by atoms with Crippen LogP contribution >= 0.6 is 69.6 Å². The molecule has 0 fully saturated rings. The molecule has 0 unspecified atom stereocenters. The third kappa shape index (κ3) is 7.24. The third-order valence-corrected chi connectivity index (χ3v) is 3.18. The molecule has 0 radical (unpaired) electrons. The normalized spacial score (nSPS) is 8.82. The van der Waals surface area contributed by atoms with E-state index in [4.69, 9.17) is 69.6 Å². The van der Waals surface area contributed by atoms with Crippen molar-refractivity contribution in [3.05, 3.63) is 43.2 Å². The van der Waals surface area contributed by atoms with Crippen molar-refractivity contribution in [1.29, 1.82) is 0 Å². The maximum absolute atomic E-state index is 9.77. The Hall–Kier alpha value is 0.170. The average Bonchev–Trinajstić information content (AvgIpc) is 2.80. The Bertz CT molecular complexity index is 391. The molecule has 0 atom stereocenters. The van der Waals surface area contributed by atoms with Crippen molar-refractivity contribution < 1.29 is 9.21 Å². The second kappa shape index (κ2) is 9.15. The van der Waals surface area contributed by atoms with Gasteiger partial charge < -0.3 is 4.42 Å². The molecule has 2 nitrogen and oxygen atoms in total. The van der Waals surface area contributed by atoms with E-state index in [0.717, 1.165) is 0 Å². The summed E-state index contributed by atoms with van der Waals surface area (Å²) in [5.41, 5.74) is 0. The van der Waals surface area contributed by atoms with Gasteiger partial charge in [-0.15, -0.1) is 0 Å². The molecule has 0 bridgehead atoms. The fraction of sp³-hybridized carbons (Fsp3) is 0. The Morgan fingerprint density at radius 3 is 1.65 bits per heavy atom. The minimum absolute atomic E-state index is 0.0648. The van der Waals surface area contributed by atoms with Gasteiger partial charge in [0.2, 0.25) is 0 Å².